The molecule has 2 aromatic carbocycles. The lowest BCUT2D eigenvalue weighted by Gasteiger charge is -2.27. The Balaban J connectivity index is 0.00000240. The van der Waals surface area contributed by atoms with Gasteiger partial charge in [-0.1, -0.05) is 42.5 Å². The van der Waals surface area contributed by atoms with Crippen molar-refractivity contribution in [3.63, 3.8) is 0 Å². The van der Waals surface area contributed by atoms with E-state index < -0.39 is 5.41 Å². The normalized spacial score (nSPS) is 22.1. The monoisotopic (exact) mass is 412 g/mol. The van der Waals surface area contributed by atoms with Gasteiger partial charge in [0.2, 0.25) is 5.91 Å². The Hall–Kier alpha value is -2.66. The first-order chi connectivity index (χ1) is 13.5. The molecular weight excluding hydrogens is 388 g/mol. The maximum atomic E-state index is 13.4. The summed E-state index contributed by atoms with van der Waals surface area (Å²) < 4.78 is 0. The minimum absolute atomic E-state index is 0. The van der Waals surface area contributed by atoms with Crippen LogP contribution in [0, 0.1) is 5.92 Å². The van der Waals surface area contributed by atoms with Crippen LogP contribution in [-0.4, -0.2) is 47.2 Å². The molecule has 2 aromatic rings. The van der Waals surface area contributed by atoms with Crippen LogP contribution in [0.1, 0.15) is 46.5 Å². The standard InChI is InChI=1S/C23H24N2O3.ClH/c1-3-24(4-2)22(28)23(16-10-6-5-7-11-16)14-17(23)15-25-20(26)18-12-8-9-13-19(18)21(25)27;/h5-13,17H,3-4,14-15H2,1-2H3;1H/t17-,23+;/m1./s1. The molecule has 1 saturated carbocycles. The molecule has 1 aliphatic heterocycles. The summed E-state index contributed by atoms with van der Waals surface area (Å²) in [7, 11) is 0. The molecule has 0 N–H and O–H groups in total. The first kappa shape index (κ1) is 21.1. The molecule has 3 amide bonds. The van der Waals surface area contributed by atoms with E-state index in [1.165, 1.54) is 4.90 Å². The Morgan fingerprint density at radius 3 is 2.00 bits per heavy atom. The Morgan fingerprint density at radius 2 is 1.48 bits per heavy atom. The maximum Gasteiger partial charge on any atom is 0.261 e. The van der Waals surface area contributed by atoms with Gasteiger partial charge in [0.25, 0.3) is 11.8 Å². The predicted octanol–water partition coefficient (Wildman–Crippen LogP) is 3.53. The van der Waals surface area contributed by atoms with Gasteiger partial charge >= 0.3 is 0 Å². The summed E-state index contributed by atoms with van der Waals surface area (Å²) in [5.41, 5.74) is 1.22. The van der Waals surface area contributed by atoms with Crippen molar-refractivity contribution < 1.29 is 14.4 Å². The molecule has 0 radical (unpaired) electrons. The van der Waals surface area contributed by atoms with Gasteiger partial charge in [-0.25, -0.2) is 0 Å². The summed E-state index contributed by atoms with van der Waals surface area (Å²) in [6.07, 6.45) is 0.653. The lowest BCUT2D eigenvalue weighted by atomic mass is 9.91. The first-order valence-electron chi connectivity index (χ1n) is 9.84. The van der Waals surface area contributed by atoms with Gasteiger partial charge in [-0.15, -0.1) is 12.4 Å². The molecule has 6 heteroatoms. The van der Waals surface area contributed by atoms with E-state index >= 15 is 0 Å². The number of benzene rings is 2. The van der Waals surface area contributed by atoms with Gasteiger partial charge in [0, 0.05) is 19.6 Å². The van der Waals surface area contributed by atoms with Crippen molar-refractivity contribution in [1.29, 1.82) is 0 Å². The number of amides is 3. The van der Waals surface area contributed by atoms with Gasteiger partial charge in [0.1, 0.15) is 0 Å². The summed E-state index contributed by atoms with van der Waals surface area (Å²) in [5.74, 6) is -0.495. The zero-order valence-electron chi connectivity index (χ0n) is 16.6. The summed E-state index contributed by atoms with van der Waals surface area (Å²) in [4.78, 5) is 42.0. The van der Waals surface area contributed by atoms with Gasteiger partial charge in [0.15, 0.2) is 0 Å². The van der Waals surface area contributed by atoms with Crippen LogP contribution in [0.2, 0.25) is 0 Å². The van der Waals surface area contributed by atoms with Crippen molar-refractivity contribution in [3.05, 3.63) is 71.3 Å². The number of halogens is 1. The van der Waals surface area contributed by atoms with Crippen molar-refractivity contribution in [2.24, 2.45) is 5.92 Å². The second-order valence-electron chi connectivity index (χ2n) is 7.48. The molecule has 1 aliphatic carbocycles. The van der Waals surface area contributed by atoms with Gasteiger partial charge in [-0.2, -0.15) is 0 Å². The lowest BCUT2D eigenvalue weighted by Crippen LogP contribution is -2.42. The zero-order chi connectivity index (χ0) is 19.9. The molecule has 5 nitrogen and oxygen atoms in total. The fraction of sp³-hybridized carbons (Fsp3) is 0.348. The zero-order valence-corrected chi connectivity index (χ0v) is 17.4. The number of carbonyl (C=O) groups is 3. The average Bonchev–Trinajstić information content (AvgIpc) is 3.42. The number of rotatable bonds is 6. The Morgan fingerprint density at radius 1 is 0.966 bits per heavy atom. The van der Waals surface area contributed by atoms with Crippen LogP contribution in [0.25, 0.3) is 0 Å². The van der Waals surface area contributed by atoms with Crippen molar-refractivity contribution in [1.82, 2.24) is 9.80 Å². The van der Waals surface area contributed by atoms with E-state index in [1.807, 2.05) is 49.1 Å². The van der Waals surface area contributed by atoms with E-state index in [0.717, 1.165) is 5.56 Å². The molecule has 29 heavy (non-hydrogen) atoms. The molecule has 4 rings (SSSR count). The van der Waals surface area contributed by atoms with E-state index in [-0.39, 0.29) is 42.6 Å². The third-order valence-corrected chi connectivity index (χ3v) is 6.11. The summed E-state index contributed by atoms with van der Waals surface area (Å²) in [5, 5.41) is 0. The highest BCUT2D eigenvalue weighted by Crippen LogP contribution is 2.56. The summed E-state index contributed by atoms with van der Waals surface area (Å²) >= 11 is 0. The molecule has 1 fully saturated rings. The molecule has 0 aromatic heterocycles. The lowest BCUT2D eigenvalue weighted by molar-refractivity contribution is -0.134. The highest BCUT2D eigenvalue weighted by Gasteiger charge is 2.63. The van der Waals surface area contributed by atoms with Crippen molar-refractivity contribution >= 4 is 30.1 Å². The molecule has 152 valence electrons. The van der Waals surface area contributed by atoms with Crippen LogP contribution < -0.4 is 0 Å². The van der Waals surface area contributed by atoms with Crippen LogP contribution in [0.5, 0.6) is 0 Å². The molecular formula is C23H25ClN2O3. The van der Waals surface area contributed by atoms with E-state index in [4.69, 9.17) is 0 Å². The number of hydrogen-bond donors (Lipinski definition) is 0. The molecule has 2 aliphatic rings. The smallest absolute Gasteiger partial charge is 0.261 e. The molecule has 1 heterocycles. The summed E-state index contributed by atoms with van der Waals surface area (Å²) in [6.45, 7) is 5.50. The first-order valence-corrected chi connectivity index (χ1v) is 9.84. The van der Waals surface area contributed by atoms with Crippen molar-refractivity contribution in [2.45, 2.75) is 25.7 Å². The topological polar surface area (TPSA) is 57.7 Å². The molecule has 0 bridgehead atoms. The second kappa shape index (κ2) is 7.99. The third kappa shape index (κ3) is 3.23. The van der Waals surface area contributed by atoms with E-state index in [1.54, 1.807) is 24.3 Å². The largest absolute Gasteiger partial charge is 0.342 e. The highest BCUT2D eigenvalue weighted by molar-refractivity contribution is 6.21. The van der Waals surface area contributed by atoms with Crippen LogP contribution in [0.3, 0.4) is 0 Å². The number of imide groups is 1. The van der Waals surface area contributed by atoms with E-state index in [0.29, 0.717) is 30.6 Å². The Bertz CT molecular complexity index is 907. The molecule has 0 spiro atoms. The number of fused-ring (bicyclic) bond motifs is 1. The van der Waals surface area contributed by atoms with Crippen LogP contribution in [-0.2, 0) is 10.2 Å². The minimum atomic E-state index is -0.650. The van der Waals surface area contributed by atoms with Gasteiger partial charge in [0.05, 0.1) is 16.5 Å². The fourth-order valence-corrected chi connectivity index (χ4v) is 4.44. The fourth-order valence-electron chi connectivity index (χ4n) is 4.44. The van der Waals surface area contributed by atoms with Gasteiger partial charge in [-0.05, 0) is 43.9 Å². The second-order valence-corrected chi connectivity index (χ2v) is 7.48. The maximum absolute atomic E-state index is 13.4. The van der Waals surface area contributed by atoms with Crippen molar-refractivity contribution in [3.8, 4) is 0 Å². The highest BCUT2D eigenvalue weighted by atomic mass is 35.5. The van der Waals surface area contributed by atoms with Crippen LogP contribution >= 0.6 is 12.4 Å². The van der Waals surface area contributed by atoms with Crippen LogP contribution in [0.15, 0.2) is 54.6 Å². The van der Waals surface area contributed by atoms with Crippen LogP contribution in [0.4, 0.5) is 0 Å². The number of hydrogen-bond acceptors (Lipinski definition) is 3. The van der Waals surface area contributed by atoms with Crippen molar-refractivity contribution in [2.75, 3.05) is 19.6 Å². The Kier molecular flexibility index (Phi) is 5.80. The summed E-state index contributed by atoms with van der Waals surface area (Å²) in [6, 6.07) is 16.7. The quantitative estimate of drug-likeness (QED) is 0.682. The molecule has 0 saturated heterocycles. The number of carbonyl (C=O) groups excluding carboxylic acids is 3. The molecule has 0 unspecified atom stereocenters. The SMILES string of the molecule is CCN(CC)C(=O)[C@]1(c2ccccc2)C[C@@H]1CN1C(=O)c2ccccc2C1=O.Cl. The van der Waals surface area contributed by atoms with Gasteiger partial charge in [-0.3, -0.25) is 19.3 Å². The minimum Gasteiger partial charge on any atom is -0.342 e. The average molecular weight is 413 g/mol. The predicted molar refractivity (Wildman–Crippen MR) is 113 cm³/mol. The number of likely N-dealkylation sites (N-methyl/N-ethyl adjacent to an activating group) is 1. The third-order valence-electron chi connectivity index (χ3n) is 6.11. The van der Waals surface area contributed by atoms with E-state index in [9.17, 15) is 14.4 Å². The van der Waals surface area contributed by atoms with Gasteiger partial charge < -0.3 is 4.90 Å². The molecule has 2 atom stereocenters. The number of nitrogens with zero attached hydrogens (tertiary/aromatic N) is 2. The Labute approximate surface area is 177 Å². The van der Waals surface area contributed by atoms with E-state index in [2.05, 4.69) is 0 Å².